The van der Waals surface area contributed by atoms with E-state index in [0.29, 0.717) is 12.6 Å². The summed E-state index contributed by atoms with van der Waals surface area (Å²) in [7, 11) is 0. The fourth-order valence-electron chi connectivity index (χ4n) is 3.21. The summed E-state index contributed by atoms with van der Waals surface area (Å²) >= 11 is 0. The normalized spacial score (nSPS) is 18.2. The number of aliphatic hydroxyl groups is 1. The Morgan fingerprint density at radius 3 is 2.48 bits per heavy atom. The SMILES string of the molecule is OCC1CCCN1CCOc1ccc(Cc2ccccc2)cc1. The molecule has 1 aliphatic rings. The summed E-state index contributed by atoms with van der Waals surface area (Å²) < 4.78 is 5.84. The Labute approximate surface area is 138 Å². The molecule has 0 amide bonds. The Hall–Kier alpha value is -1.84. The summed E-state index contributed by atoms with van der Waals surface area (Å²) in [6, 6.07) is 19.2. The lowest BCUT2D eigenvalue weighted by molar-refractivity contribution is 0.139. The van der Waals surface area contributed by atoms with Gasteiger partial charge in [-0.3, -0.25) is 4.90 Å². The number of hydrogen-bond acceptors (Lipinski definition) is 3. The lowest BCUT2D eigenvalue weighted by atomic mass is 10.1. The molecule has 3 heteroatoms. The average molecular weight is 311 g/mol. The molecule has 122 valence electrons. The van der Waals surface area contributed by atoms with Crippen LogP contribution in [-0.4, -0.2) is 42.4 Å². The summed E-state index contributed by atoms with van der Waals surface area (Å²) in [5, 5.41) is 9.32. The van der Waals surface area contributed by atoms with Crippen LogP contribution in [-0.2, 0) is 6.42 Å². The van der Waals surface area contributed by atoms with Crippen molar-refractivity contribution in [3.05, 3.63) is 65.7 Å². The average Bonchev–Trinajstić information content (AvgIpc) is 3.05. The van der Waals surface area contributed by atoms with Gasteiger partial charge in [-0.2, -0.15) is 0 Å². The standard InChI is InChI=1S/C20H25NO2/c22-16-19-7-4-12-21(19)13-14-23-20-10-8-18(9-11-20)15-17-5-2-1-3-6-17/h1-3,5-6,8-11,19,22H,4,7,12-16H2. The van der Waals surface area contributed by atoms with Crippen molar-refractivity contribution in [2.45, 2.75) is 25.3 Å². The van der Waals surface area contributed by atoms with Crippen LogP contribution < -0.4 is 4.74 Å². The Kier molecular flexibility index (Phi) is 5.67. The minimum Gasteiger partial charge on any atom is -0.492 e. The second-order valence-electron chi connectivity index (χ2n) is 6.17. The maximum atomic E-state index is 9.32. The number of likely N-dealkylation sites (tertiary alicyclic amines) is 1. The van der Waals surface area contributed by atoms with Crippen molar-refractivity contribution in [2.24, 2.45) is 0 Å². The van der Waals surface area contributed by atoms with E-state index in [4.69, 9.17) is 4.74 Å². The third kappa shape index (κ3) is 4.57. The minimum atomic E-state index is 0.258. The molecule has 2 aromatic carbocycles. The van der Waals surface area contributed by atoms with Crippen LogP contribution >= 0.6 is 0 Å². The van der Waals surface area contributed by atoms with Crippen molar-refractivity contribution in [1.29, 1.82) is 0 Å². The van der Waals surface area contributed by atoms with Crippen molar-refractivity contribution in [1.82, 2.24) is 4.90 Å². The molecule has 1 saturated heterocycles. The molecule has 0 aromatic heterocycles. The first-order chi connectivity index (χ1) is 11.3. The van der Waals surface area contributed by atoms with Gasteiger partial charge in [-0.25, -0.2) is 0 Å². The summed E-state index contributed by atoms with van der Waals surface area (Å²) in [6.07, 6.45) is 3.23. The van der Waals surface area contributed by atoms with Crippen LogP contribution in [0.15, 0.2) is 54.6 Å². The lowest BCUT2D eigenvalue weighted by Crippen LogP contribution is -2.35. The third-order valence-corrected chi connectivity index (χ3v) is 4.53. The molecule has 0 radical (unpaired) electrons. The molecule has 1 N–H and O–H groups in total. The highest BCUT2D eigenvalue weighted by Gasteiger charge is 2.22. The molecule has 23 heavy (non-hydrogen) atoms. The second-order valence-corrected chi connectivity index (χ2v) is 6.17. The lowest BCUT2D eigenvalue weighted by Gasteiger charge is -2.22. The molecular weight excluding hydrogens is 286 g/mol. The van der Waals surface area contributed by atoms with Crippen LogP contribution in [0.2, 0.25) is 0 Å². The molecule has 3 nitrogen and oxygen atoms in total. The van der Waals surface area contributed by atoms with Gasteiger partial charge in [0.05, 0.1) is 6.61 Å². The molecule has 1 unspecified atom stereocenters. The van der Waals surface area contributed by atoms with Crippen molar-refractivity contribution in [2.75, 3.05) is 26.3 Å². The van der Waals surface area contributed by atoms with Crippen LogP contribution in [0.3, 0.4) is 0 Å². The number of nitrogens with zero attached hydrogens (tertiary/aromatic N) is 1. The highest BCUT2D eigenvalue weighted by atomic mass is 16.5. The molecule has 0 saturated carbocycles. The molecule has 0 bridgehead atoms. The molecular formula is C20H25NO2. The summed E-state index contributed by atoms with van der Waals surface area (Å²) in [5.74, 6) is 0.918. The van der Waals surface area contributed by atoms with Gasteiger partial charge in [-0.1, -0.05) is 42.5 Å². The molecule has 0 spiro atoms. The van der Waals surface area contributed by atoms with E-state index in [-0.39, 0.29) is 6.61 Å². The summed E-state index contributed by atoms with van der Waals surface area (Å²) in [5.41, 5.74) is 2.62. The van der Waals surface area contributed by atoms with Crippen LogP contribution in [0, 0.1) is 0 Å². The molecule has 1 heterocycles. The minimum absolute atomic E-state index is 0.258. The van der Waals surface area contributed by atoms with Crippen LogP contribution in [0.4, 0.5) is 0 Å². The van der Waals surface area contributed by atoms with Gasteiger partial charge in [0.2, 0.25) is 0 Å². The monoisotopic (exact) mass is 311 g/mol. The molecule has 2 aromatic rings. The van der Waals surface area contributed by atoms with E-state index in [1.807, 2.05) is 18.2 Å². The summed E-state index contributed by atoms with van der Waals surface area (Å²) in [6.45, 7) is 2.89. The zero-order valence-electron chi connectivity index (χ0n) is 13.5. The van der Waals surface area contributed by atoms with Gasteiger partial charge in [0, 0.05) is 12.6 Å². The number of aliphatic hydroxyl groups excluding tert-OH is 1. The highest BCUT2D eigenvalue weighted by Crippen LogP contribution is 2.18. The van der Waals surface area contributed by atoms with Crippen LogP contribution in [0.25, 0.3) is 0 Å². The second kappa shape index (κ2) is 8.14. The molecule has 1 fully saturated rings. The largest absolute Gasteiger partial charge is 0.492 e. The van der Waals surface area contributed by atoms with Crippen LogP contribution in [0.1, 0.15) is 24.0 Å². The van der Waals surface area contributed by atoms with Gasteiger partial charge < -0.3 is 9.84 Å². The van der Waals surface area contributed by atoms with Crippen LogP contribution in [0.5, 0.6) is 5.75 Å². The van der Waals surface area contributed by atoms with E-state index in [9.17, 15) is 5.11 Å². The highest BCUT2D eigenvalue weighted by molar-refractivity contribution is 5.31. The van der Waals surface area contributed by atoms with Gasteiger partial charge in [-0.05, 0) is 49.1 Å². The number of ether oxygens (including phenoxy) is 1. The Bertz CT molecular complexity index is 582. The van der Waals surface area contributed by atoms with E-state index in [1.54, 1.807) is 0 Å². The molecule has 3 rings (SSSR count). The van der Waals surface area contributed by atoms with Gasteiger partial charge in [-0.15, -0.1) is 0 Å². The topological polar surface area (TPSA) is 32.7 Å². The van der Waals surface area contributed by atoms with E-state index in [0.717, 1.165) is 31.7 Å². The predicted octanol–water partition coefficient (Wildman–Crippen LogP) is 3.11. The van der Waals surface area contributed by atoms with Crippen molar-refractivity contribution < 1.29 is 9.84 Å². The van der Waals surface area contributed by atoms with Gasteiger partial charge in [0.15, 0.2) is 0 Å². The van der Waals surface area contributed by atoms with Gasteiger partial charge in [0.25, 0.3) is 0 Å². The first-order valence-electron chi connectivity index (χ1n) is 8.46. The predicted molar refractivity (Wildman–Crippen MR) is 92.9 cm³/mol. The zero-order chi connectivity index (χ0) is 15.9. The Morgan fingerprint density at radius 2 is 1.74 bits per heavy atom. The Morgan fingerprint density at radius 1 is 1.00 bits per heavy atom. The van der Waals surface area contributed by atoms with Crippen molar-refractivity contribution in [3.63, 3.8) is 0 Å². The fourth-order valence-corrected chi connectivity index (χ4v) is 3.21. The summed E-state index contributed by atoms with van der Waals surface area (Å²) in [4.78, 5) is 2.32. The molecule has 0 aliphatic carbocycles. The molecule has 1 atom stereocenters. The van der Waals surface area contributed by atoms with E-state index in [2.05, 4.69) is 41.3 Å². The zero-order valence-corrected chi connectivity index (χ0v) is 13.5. The van der Waals surface area contributed by atoms with Gasteiger partial charge in [0.1, 0.15) is 12.4 Å². The van der Waals surface area contributed by atoms with Gasteiger partial charge >= 0.3 is 0 Å². The van der Waals surface area contributed by atoms with E-state index >= 15 is 0 Å². The smallest absolute Gasteiger partial charge is 0.119 e. The van der Waals surface area contributed by atoms with E-state index in [1.165, 1.54) is 17.5 Å². The van der Waals surface area contributed by atoms with E-state index < -0.39 is 0 Å². The maximum Gasteiger partial charge on any atom is 0.119 e. The number of hydrogen-bond donors (Lipinski definition) is 1. The van der Waals surface area contributed by atoms with Crippen molar-refractivity contribution in [3.8, 4) is 5.75 Å². The Balaban J connectivity index is 1.46. The fraction of sp³-hybridized carbons (Fsp3) is 0.400. The quantitative estimate of drug-likeness (QED) is 0.853. The first-order valence-corrected chi connectivity index (χ1v) is 8.46. The number of benzene rings is 2. The third-order valence-electron chi connectivity index (χ3n) is 4.53. The van der Waals surface area contributed by atoms with Crippen molar-refractivity contribution >= 4 is 0 Å². The molecule has 1 aliphatic heterocycles. The number of rotatable bonds is 7. The first kappa shape index (κ1) is 16.0. The maximum absolute atomic E-state index is 9.32.